The Balaban J connectivity index is 2.09. The summed E-state index contributed by atoms with van der Waals surface area (Å²) in [6.07, 6.45) is 6.60. The van der Waals surface area contributed by atoms with E-state index in [-0.39, 0.29) is 0 Å². The average molecular weight is 231 g/mol. The van der Waals surface area contributed by atoms with Crippen LogP contribution in [0.2, 0.25) is 0 Å². The molecule has 0 atom stereocenters. The summed E-state index contributed by atoms with van der Waals surface area (Å²) in [6, 6.07) is 15.2. The van der Waals surface area contributed by atoms with E-state index < -0.39 is 0 Å². The fourth-order valence-corrected chi connectivity index (χ4v) is 2.70. The summed E-state index contributed by atoms with van der Waals surface area (Å²) in [7, 11) is 0. The molecule has 1 heterocycles. The molecule has 3 aromatic rings. The van der Waals surface area contributed by atoms with Gasteiger partial charge in [-0.2, -0.15) is 0 Å². The monoisotopic (exact) mass is 231 g/mol. The number of benzene rings is 2. The van der Waals surface area contributed by atoms with E-state index in [4.69, 9.17) is 4.98 Å². The normalized spacial score (nSPS) is 14.0. The van der Waals surface area contributed by atoms with Crippen molar-refractivity contribution in [2.24, 2.45) is 0 Å². The van der Waals surface area contributed by atoms with Crippen molar-refractivity contribution < 1.29 is 0 Å². The van der Waals surface area contributed by atoms with Crippen molar-refractivity contribution in [3.05, 3.63) is 59.8 Å². The molecule has 4 rings (SSSR count). The Bertz CT molecular complexity index is 784. The number of aryl methyl sites for hydroxylation is 1. The van der Waals surface area contributed by atoms with Gasteiger partial charge < -0.3 is 0 Å². The van der Waals surface area contributed by atoms with Crippen LogP contribution in [0.4, 0.5) is 0 Å². The number of aromatic nitrogens is 1. The van der Waals surface area contributed by atoms with E-state index >= 15 is 0 Å². The predicted molar refractivity (Wildman–Crippen MR) is 76.6 cm³/mol. The quantitative estimate of drug-likeness (QED) is 0.524. The molecule has 0 amide bonds. The van der Waals surface area contributed by atoms with Crippen LogP contribution in [0.5, 0.6) is 0 Å². The number of allylic oxidation sites excluding steroid dienone is 1. The molecular formula is C17H13N. The van der Waals surface area contributed by atoms with E-state index in [0.29, 0.717) is 0 Å². The topological polar surface area (TPSA) is 12.9 Å². The Morgan fingerprint density at radius 1 is 0.889 bits per heavy atom. The van der Waals surface area contributed by atoms with Gasteiger partial charge in [0.1, 0.15) is 0 Å². The molecule has 86 valence electrons. The molecule has 0 aliphatic heterocycles. The van der Waals surface area contributed by atoms with Gasteiger partial charge in [-0.3, -0.25) is 0 Å². The Hall–Kier alpha value is -2.15. The van der Waals surface area contributed by atoms with Crippen LogP contribution in [-0.4, -0.2) is 4.98 Å². The maximum atomic E-state index is 4.78. The first-order valence-corrected chi connectivity index (χ1v) is 6.39. The summed E-state index contributed by atoms with van der Waals surface area (Å²) < 4.78 is 0. The molecule has 0 saturated carbocycles. The van der Waals surface area contributed by atoms with E-state index in [1.54, 1.807) is 0 Å². The van der Waals surface area contributed by atoms with E-state index in [9.17, 15) is 0 Å². The number of fused-ring (bicyclic) bond motifs is 3. The van der Waals surface area contributed by atoms with Crippen LogP contribution < -0.4 is 0 Å². The summed E-state index contributed by atoms with van der Waals surface area (Å²) in [5.74, 6) is 0. The van der Waals surface area contributed by atoms with Gasteiger partial charge in [-0.05, 0) is 53.5 Å². The standard InChI is InChI=1S/C17H13N/c1-2-6-13-11-17-15(9-12(13)5-1)10-14-7-3-4-8-16(14)18-17/h1-2,4-6,8-11H,3,7H2. The Morgan fingerprint density at radius 3 is 2.61 bits per heavy atom. The van der Waals surface area contributed by atoms with Crippen LogP contribution in [0.15, 0.2) is 48.5 Å². The molecule has 18 heavy (non-hydrogen) atoms. The number of nitrogens with zero attached hydrogens (tertiary/aromatic N) is 1. The van der Waals surface area contributed by atoms with Crippen molar-refractivity contribution in [1.29, 1.82) is 0 Å². The smallest absolute Gasteiger partial charge is 0.0715 e. The molecule has 0 bridgehead atoms. The van der Waals surface area contributed by atoms with Gasteiger partial charge >= 0.3 is 0 Å². The molecule has 1 aliphatic rings. The molecule has 1 heteroatoms. The molecule has 0 spiro atoms. The fraction of sp³-hybridized carbons (Fsp3) is 0.118. The summed E-state index contributed by atoms with van der Waals surface area (Å²) in [5.41, 5.74) is 3.61. The first kappa shape index (κ1) is 9.84. The average Bonchev–Trinajstić information content (AvgIpc) is 2.42. The maximum Gasteiger partial charge on any atom is 0.0715 e. The third kappa shape index (κ3) is 1.44. The molecule has 2 aromatic carbocycles. The van der Waals surface area contributed by atoms with Crippen molar-refractivity contribution in [2.75, 3.05) is 0 Å². The highest BCUT2D eigenvalue weighted by atomic mass is 14.7. The summed E-state index contributed by atoms with van der Waals surface area (Å²) in [6.45, 7) is 0. The number of rotatable bonds is 0. The lowest BCUT2D eigenvalue weighted by atomic mass is 9.98. The summed E-state index contributed by atoms with van der Waals surface area (Å²) in [4.78, 5) is 4.78. The predicted octanol–water partition coefficient (Wildman–Crippen LogP) is 4.35. The van der Waals surface area contributed by atoms with Gasteiger partial charge in [-0.15, -0.1) is 0 Å². The molecule has 0 unspecified atom stereocenters. The lowest BCUT2D eigenvalue weighted by molar-refractivity contribution is 0.972. The van der Waals surface area contributed by atoms with Crippen molar-refractivity contribution >= 4 is 27.8 Å². The van der Waals surface area contributed by atoms with Gasteiger partial charge in [0.2, 0.25) is 0 Å². The molecular weight excluding hydrogens is 218 g/mol. The van der Waals surface area contributed by atoms with Crippen LogP contribution in [0.1, 0.15) is 17.7 Å². The minimum atomic E-state index is 1.10. The zero-order valence-electron chi connectivity index (χ0n) is 10.1. The van der Waals surface area contributed by atoms with Crippen LogP contribution in [0.25, 0.3) is 27.8 Å². The van der Waals surface area contributed by atoms with Gasteiger partial charge in [0.25, 0.3) is 0 Å². The van der Waals surface area contributed by atoms with Gasteiger partial charge in [-0.25, -0.2) is 4.98 Å². The molecule has 0 radical (unpaired) electrons. The molecule has 0 N–H and O–H groups in total. The van der Waals surface area contributed by atoms with Crippen LogP contribution >= 0.6 is 0 Å². The zero-order chi connectivity index (χ0) is 11.9. The third-order valence-electron chi connectivity index (χ3n) is 3.65. The minimum absolute atomic E-state index is 1.10. The number of pyridine rings is 1. The van der Waals surface area contributed by atoms with E-state index in [0.717, 1.165) is 24.1 Å². The van der Waals surface area contributed by atoms with Crippen LogP contribution in [0, 0.1) is 0 Å². The van der Waals surface area contributed by atoms with E-state index in [2.05, 4.69) is 54.6 Å². The van der Waals surface area contributed by atoms with Crippen molar-refractivity contribution in [3.63, 3.8) is 0 Å². The lowest BCUT2D eigenvalue weighted by Gasteiger charge is -2.11. The van der Waals surface area contributed by atoms with Crippen LogP contribution in [0.3, 0.4) is 0 Å². The second kappa shape index (κ2) is 3.67. The van der Waals surface area contributed by atoms with Gasteiger partial charge in [0.15, 0.2) is 0 Å². The molecule has 1 nitrogen and oxygen atoms in total. The summed E-state index contributed by atoms with van der Waals surface area (Å²) in [5, 5.41) is 3.80. The van der Waals surface area contributed by atoms with Crippen LogP contribution in [-0.2, 0) is 6.42 Å². The Labute approximate surface area is 106 Å². The van der Waals surface area contributed by atoms with E-state index in [1.165, 1.54) is 21.7 Å². The van der Waals surface area contributed by atoms with Crippen molar-refractivity contribution in [2.45, 2.75) is 12.8 Å². The third-order valence-corrected chi connectivity index (χ3v) is 3.65. The van der Waals surface area contributed by atoms with Crippen molar-refractivity contribution in [1.82, 2.24) is 4.98 Å². The highest BCUT2D eigenvalue weighted by molar-refractivity contribution is 5.97. The van der Waals surface area contributed by atoms with Crippen molar-refractivity contribution in [3.8, 4) is 0 Å². The lowest BCUT2D eigenvalue weighted by Crippen LogP contribution is -1.97. The van der Waals surface area contributed by atoms with E-state index in [1.807, 2.05) is 0 Å². The summed E-state index contributed by atoms with van der Waals surface area (Å²) >= 11 is 0. The Kier molecular flexibility index (Phi) is 2.01. The molecule has 1 aromatic heterocycles. The SMILES string of the molecule is C1=Cc2nc3cc4ccccc4cc3cc2CC1. The van der Waals surface area contributed by atoms with Gasteiger partial charge in [0.05, 0.1) is 11.2 Å². The highest BCUT2D eigenvalue weighted by Gasteiger charge is 2.08. The first-order valence-electron chi connectivity index (χ1n) is 6.39. The highest BCUT2D eigenvalue weighted by Crippen LogP contribution is 2.26. The number of hydrogen-bond acceptors (Lipinski definition) is 1. The largest absolute Gasteiger partial charge is 0.248 e. The van der Waals surface area contributed by atoms with Gasteiger partial charge in [-0.1, -0.05) is 30.3 Å². The second-order valence-electron chi connectivity index (χ2n) is 4.87. The fourth-order valence-electron chi connectivity index (χ4n) is 2.70. The zero-order valence-corrected chi connectivity index (χ0v) is 10.1. The maximum absolute atomic E-state index is 4.78. The minimum Gasteiger partial charge on any atom is -0.248 e. The molecule has 0 fully saturated rings. The first-order chi connectivity index (χ1) is 8.90. The number of hydrogen-bond donors (Lipinski definition) is 0. The molecule has 0 saturated heterocycles. The van der Waals surface area contributed by atoms with Gasteiger partial charge in [0, 0.05) is 5.39 Å². The molecule has 1 aliphatic carbocycles. The second-order valence-corrected chi connectivity index (χ2v) is 4.87. The Morgan fingerprint density at radius 2 is 1.72 bits per heavy atom.